The van der Waals surface area contributed by atoms with Gasteiger partial charge in [-0.2, -0.15) is 21.6 Å². The molecule has 0 N–H and O–H groups in total. The first kappa shape index (κ1) is 18.7. The number of carbonyl (C=O) groups is 1. The molecular formula is C11H15F3O7S. The quantitative estimate of drug-likeness (QED) is 0.244. The second-order valence-electron chi connectivity index (χ2n) is 4.60. The second kappa shape index (κ2) is 6.42. The first-order valence-electron chi connectivity index (χ1n) is 6.09. The fraction of sp³-hybridized carbons (Fsp3) is 0.727. The van der Waals surface area contributed by atoms with Crippen LogP contribution in [0.25, 0.3) is 0 Å². The molecule has 0 unspecified atom stereocenters. The van der Waals surface area contributed by atoms with Crippen molar-refractivity contribution in [3.05, 3.63) is 11.8 Å². The molecule has 0 aromatic rings. The van der Waals surface area contributed by atoms with Crippen molar-refractivity contribution < 1.29 is 44.8 Å². The third-order valence-electron chi connectivity index (χ3n) is 2.36. The normalized spacial score (nSPS) is 22.5. The molecule has 1 fully saturated rings. The van der Waals surface area contributed by atoms with Gasteiger partial charge >= 0.3 is 21.6 Å². The van der Waals surface area contributed by atoms with Gasteiger partial charge in [0.05, 0.1) is 19.3 Å². The van der Waals surface area contributed by atoms with Crippen LogP contribution in [-0.2, 0) is 33.3 Å². The Bertz CT molecular complexity index is 551. The zero-order chi connectivity index (χ0) is 17.2. The topological polar surface area (TPSA) is 88.1 Å². The molecule has 1 atom stereocenters. The highest BCUT2D eigenvalue weighted by atomic mass is 32.2. The monoisotopic (exact) mass is 348 g/mol. The van der Waals surface area contributed by atoms with Crippen LogP contribution in [0.3, 0.4) is 0 Å². The molecule has 0 bridgehead atoms. The molecule has 0 saturated carbocycles. The lowest BCUT2D eigenvalue weighted by Crippen LogP contribution is -2.30. The van der Waals surface area contributed by atoms with Gasteiger partial charge in [-0.3, -0.25) is 0 Å². The van der Waals surface area contributed by atoms with Crippen LogP contribution < -0.4 is 0 Å². The summed E-state index contributed by atoms with van der Waals surface area (Å²) in [4.78, 5) is 11.4. The van der Waals surface area contributed by atoms with Gasteiger partial charge in [-0.05, 0) is 20.8 Å². The van der Waals surface area contributed by atoms with Crippen molar-refractivity contribution in [3.63, 3.8) is 0 Å². The van der Waals surface area contributed by atoms with Gasteiger partial charge in [0.15, 0.2) is 11.5 Å². The highest BCUT2D eigenvalue weighted by Gasteiger charge is 2.50. The first-order valence-corrected chi connectivity index (χ1v) is 7.49. The number of ether oxygens (including phenoxy) is 3. The summed E-state index contributed by atoms with van der Waals surface area (Å²) < 4.78 is 78.1. The van der Waals surface area contributed by atoms with E-state index in [1.165, 1.54) is 20.8 Å². The van der Waals surface area contributed by atoms with Crippen molar-refractivity contribution in [2.75, 3.05) is 13.2 Å². The summed E-state index contributed by atoms with van der Waals surface area (Å²) in [5, 5.41) is 0. The molecule has 0 spiro atoms. The van der Waals surface area contributed by atoms with Crippen LogP contribution >= 0.6 is 0 Å². The number of halogens is 3. The zero-order valence-corrected chi connectivity index (χ0v) is 12.8. The van der Waals surface area contributed by atoms with Gasteiger partial charge in [0, 0.05) is 0 Å². The standard InChI is InChI=1S/C11H15F3O7S/c1-4-18-9(15)5-7(8-6-19-10(2,3)20-8)21-22(16,17)11(12,13)14/h5,8H,4,6H2,1-3H3/b7-5-/t8-/m1/s1. The average Bonchev–Trinajstić information content (AvgIpc) is 2.67. The predicted octanol–water partition coefficient (Wildman–Crippen LogP) is 1.45. The summed E-state index contributed by atoms with van der Waals surface area (Å²) in [5.74, 6) is -3.09. The molecule has 0 radical (unpaired) electrons. The van der Waals surface area contributed by atoms with Crippen LogP contribution in [0.1, 0.15) is 20.8 Å². The van der Waals surface area contributed by atoms with Crippen LogP contribution in [0.4, 0.5) is 13.2 Å². The Morgan fingerprint density at radius 3 is 2.41 bits per heavy atom. The number of rotatable bonds is 5. The van der Waals surface area contributed by atoms with Gasteiger partial charge < -0.3 is 18.4 Å². The number of carbonyl (C=O) groups excluding carboxylic acids is 1. The minimum atomic E-state index is -5.94. The first-order chi connectivity index (χ1) is 9.88. The van der Waals surface area contributed by atoms with E-state index in [4.69, 9.17) is 9.47 Å². The smallest absolute Gasteiger partial charge is 0.463 e. The fourth-order valence-electron chi connectivity index (χ4n) is 1.47. The van der Waals surface area contributed by atoms with Gasteiger partial charge in [0.2, 0.25) is 0 Å². The third kappa shape index (κ3) is 4.85. The minimum Gasteiger partial charge on any atom is -0.463 e. The lowest BCUT2D eigenvalue weighted by Gasteiger charge is -2.19. The van der Waals surface area contributed by atoms with Gasteiger partial charge in [0.25, 0.3) is 0 Å². The molecule has 22 heavy (non-hydrogen) atoms. The van der Waals surface area contributed by atoms with Gasteiger partial charge in [-0.15, -0.1) is 0 Å². The van der Waals surface area contributed by atoms with Gasteiger partial charge in [-0.25, -0.2) is 4.79 Å². The Morgan fingerprint density at radius 1 is 1.41 bits per heavy atom. The van der Waals surface area contributed by atoms with E-state index in [2.05, 4.69) is 8.92 Å². The average molecular weight is 348 g/mol. The van der Waals surface area contributed by atoms with Gasteiger partial charge in [-0.1, -0.05) is 0 Å². The maximum Gasteiger partial charge on any atom is 0.534 e. The fourth-order valence-corrected chi connectivity index (χ4v) is 1.98. The van der Waals surface area contributed by atoms with E-state index in [1.807, 2.05) is 0 Å². The van der Waals surface area contributed by atoms with E-state index < -0.39 is 39.2 Å². The molecule has 1 aliphatic rings. The van der Waals surface area contributed by atoms with Crippen LogP contribution in [0, 0.1) is 0 Å². The van der Waals surface area contributed by atoms with Crippen molar-refractivity contribution in [3.8, 4) is 0 Å². The van der Waals surface area contributed by atoms with E-state index in [-0.39, 0.29) is 13.2 Å². The maximum atomic E-state index is 12.4. The molecule has 1 rings (SSSR count). The van der Waals surface area contributed by atoms with Crippen LogP contribution in [-0.4, -0.2) is 45.0 Å². The highest BCUT2D eigenvalue weighted by Crippen LogP contribution is 2.32. The lowest BCUT2D eigenvalue weighted by molar-refractivity contribution is -0.140. The molecule has 11 heteroatoms. The zero-order valence-electron chi connectivity index (χ0n) is 12.0. The van der Waals surface area contributed by atoms with Crippen molar-refractivity contribution >= 4 is 16.1 Å². The second-order valence-corrected chi connectivity index (χ2v) is 6.14. The molecule has 0 aromatic heterocycles. The van der Waals surface area contributed by atoms with E-state index in [9.17, 15) is 26.4 Å². The summed E-state index contributed by atoms with van der Waals surface area (Å²) in [6, 6.07) is 0. The Kier molecular flexibility index (Phi) is 5.47. The molecule has 1 heterocycles. The van der Waals surface area contributed by atoms with Crippen LogP contribution in [0.5, 0.6) is 0 Å². The Balaban J connectivity index is 3.06. The molecular weight excluding hydrogens is 333 g/mol. The lowest BCUT2D eigenvalue weighted by atomic mass is 10.3. The summed E-state index contributed by atoms with van der Waals surface area (Å²) in [5.41, 5.74) is -5.64. The molecule has 0 aliphatic carbocycles. The van der Waals surface area contributed by atoms with Crippen molar-refractivity contribution in [2.45, 2.75) is 38.2 Å². The molecule has 0 amide bonds. The molecule has 0 aromatic carbocycles. The highest BCUT2D eigenvalue weighted by molar-refractivity contribution is 7.87. The predicted molar refractivity (Wildman–Crippen MR) is 65.7 cm³/mol. The van der Waals surface area contributed by atoms with Crippen LogP contribution in [0.15, 0.2) is 11.8 Å². The summed E-state index contributed by atoms with van der Waals surface area (Å²) in [6.07, 6.45) is -0.807. The molecule has 128 valence electrons. The maximum absolute atomic E-state index is 12.4. The molecule has 1 aliphatic heterocycles. The summed E-state index contributed by atoms with van der Waals surface area (Å²) in [6.45, 7) is 4.06. The number of hydrogen-bond acceptors (Lipinski definition) is 7. The number of esters is 1. The van der Waals surface area contributed by atoms with E-state index in [0.29, 0.717) is 6.08 Å². The van der Waals surface area contributed by atoms with E-state index >= 15 is 0 Å². The summed E-state index contributed by atoms with van der Waals surface area (Å²) >= 11 is 0. The number of alkyl halides is 3. The summed E-state index contributed by atoms with van der Waals surface area (Å²) in [7, 11) is -5.94. The van der Waals surface area contributed by atoms with E-state index in [1.54, 1.807) is 0 Å². The van der Waals surface area contributed by atoms with Crippen molar-refractivity contribution in [1.82, 2.24) is 0 Å². The minimum absolute atomic E-state index is 0.0534. The van der Waals surface area contributed by atoms with Crippen LogP contribution in [0.2, 0.25) is 0 Å². The largest absolute Gasteiger partial charge is 0.534 e. The Hall–Kier alpha value is -1.33. The van der Waals surface area contributed by atoms with E-state index in [0.717, 1.165) is 0 Å². The van der Waals surface area contributed by atoms with Crippen molar-refractivity contribution in [2.24, 2.45) is 0 Å². The Morgan fingerprint density at radius 2 is 2.00 bits per heavy atom. The van der Waals surface area contributed by atoms with Crippen molar-refractivity contribution in [1.29, 1.82) is 0 Å². The Labute approximate surface area is 125 Å². The molecule has 7 nitrogen and oxygen atoms in total. The number of hydrogen-bond donors (Lipinski definition) is 0. The SMILES string of the molecule is CCOC(=O)/C=C(\OS(=O)(=O)C(F)(F)F)[C@H]1COC(C)(C)O1. The molecule has 1 saturated heterocycles. The third-order valence-corrected chi connectivity index (χ3v) is 3.34. The van der Waals surface area contributed by atoms with Gasteiger partial charge in [0.1, 0.15) is 6.10 Å².